The number of amides is 1. The average molecular weight is 380 g/mol. The van der Waals surface area contributed by atoms with E-state index in [0.717, 1.165) is 32.8 Å². The Kier molecular flexibility index (Phi) is 3.99. The predicted octanol–water partition coefficient (Wildman–Crippen LogP) is 6.05. The molecule has 0 radical (unpaired) electrons. The van der Waals surface area contributed by atoms with E-state index in [-0.39, 0.29) is 11.1 Å². The Balaban J connectivity index is 1.70. The molecule has 1 aliphatic heterocycles. The molecule has 134 valence electrons. The first-order valence-corrected chi connectivity index (χ1v) is 9.82. The molecule has 1 heterocycles. The van der Waals surface area contributed by atoms with Crippen molar-refractivity contribution in [1.29, 1.82) is 5.41 Å². The topological polar surface area (TPSA) is 44.2 Å². The summed E-state index contributed by atoms with van der Waals surface area (Å²) < 4.78 is 0. The van der Waals surface area contributed by atoms with E-state index in [0.29, 0.717) is 4.91 Å². The first-order chi connectivity index (χ1) is 13.7. The molecular weight excluding hydrogens is 364 g/mol. The molecule has 1 saturated heterocycles. The van der Waals surface area contributed by atoms with Gasteiger partial charge in [-0.3, -0.25) is 15.1 Å². The van der Waals surface area contributed by atoms with Gasteiger partial charge in [0.25, 0.3) is 5.91 Å². The number of carbonyl (C=O) groups is 1. The molecule has 1 amide bonds. The summed E-state index contributed by atoms with van der Waals surface area (Å²) in [5.41, 5.74) is 1.74. The zero-order valence-electron chi connectivity index (χ0n) is 14.9. The molecule has 0 aromatic heterocycles. The van der Waals surface area contributed by atoms with Gasteiger partial charge in [-0.15, -0.1) is 0 Å². The Morgan fingerprint density at radius 1 is 0.786 bits per heavy atom. The fourth-order valence-electron chi connectivity index (χ4n) is 3.63. The third kappa shape index (κ3) is 2.70. The maximum absolute atomic E-state index is 13.1. The van der Waals surface area contributed by atoms with Crippen molar-refractivity contribution in [3.8, 4) is 0 Å². The van der Waals surface area contributed by atoms with Gasteiger partial charge in [0.1, 0.15) is 0 Å². The van der Waals surface area contributed by atoms with Gasteiger partial charge in [0.15, 0.2) is 5.17 Å². The van der Waals surface area contributed by atoms with Crippen LogP contribution in [-0.4, -0.2) is 11.1 Å². The van der Waals surface area contributed by atoms with Crippen molar-refractivity contribution in [3.05, 3.63) is 95.4 Å². The van der Waals surface area contributed by atoms with E-state index in [9.17, 15) is 4.79 Å². The van der Waals surface area contributed by atoms with Crippen LogP contribution in [0.5, 0.6) is 0 Å². The number of fused-ring (bicyclic) bond motifs is 2. The molecule has 1 aliphatic rings. The van der Waals surface area contributed by atoms with E-state index in [1.807, 2.05) is 60.7 Å². The number of amidine groups is 1. The highest BCUT2D eigenvalue weighted by Gasteiger charge is 2.33. The summed E-state index contributed by atoms with van der Waals surface area (Å²) in [6.45, 7) is 0. The maximum atomic E-state index is 13.1. The van der Waals surface area contributed by atoms with Gasteiger partial charge in [-0.2, -0.15) is 0 Å². The fraction of sp³-hybridized carbons (Fsp3) is 0. The molecule has 4 heteroatoms. The predicted molar refractivity (Wildman–Crippen MR) is 119 cm³/mol. The van der Waals surface area contributed by atoms with Gasteiger partial charge in [-0.05, 0) is 63.1 Å². The van der Waals surface area contributed by atoms with Gasteiger partial charge < -0.3 is 0 Å². The zero-order chi connectivity index (χ0) is 19.1. The largest absolute Gasteiger partial charge is 0.278 e. The van der Waals surface area contributed by atoms with Crippen molar-refractivity contribution in [2.24, 2.45) is 0 Å². The fourth-order valence-corrected chi connectivity index (χ4v) is 4.48. The first-order valence-electron chi connectivity index (χ1n) is 9.00. The smallest absolute Gasteiger partial charge is 0.271 e. The summed E-state index contributed by atoms with van der Waals surface area (Å²) in [6, 6.07) is 27.9. The van der Waals surface area contributed by atoms with E-state index in [2.05, 4.69) is 30.3 Å². The van der Waals surface area contributed by atoms with Gasteiger partial charge in [-0.1, -0.05) is 66.7 Å². The molecule has 3 nitrogen and oxygen atoms in total. The molecule has 0 bridgehead atoms. The van der Waals surface area contributed by atoms with Gasteiger partial charge in [0, 0.05) is 0 Å². The lowest BCUT2D eigenvalue weighted by Gasteiger charge is -2.13. The van der Waals surface area contributed by atoms with Crippen LogP contribution in [0.2, 0.25) is 0 Å². The lowest BCUT2D eigenvalue weighted by Crippen LogP contribution is -2.27. The van der Waals surface area contributed by atoms with E-state index in [1.54, 1.807) is 0 Å². The monoisotopic (exact) mass is 380 g/mol. The normalized spacial score (nSPS) is 15.9. The number of anilines is 1. The summed E-state index contributed by atoms with van der Waals surface area (Å²) in [7, 11) is 0. The van der Waals surface area contributed by atoms with Crippen LogP contribution in [0.1, 0.15) is 5.56 Å². The van der Waals surface area contributed by atoms with Gasteiger partial charge in [-0.25, -0.2) is 0 Å². The summed E-state index contributed by atoms with van der Waals surface area (Å²) in [4.78, 5) is 15.1. The molecule has 0 atom stereocenters. The van der Waals surface area contributed by atoms with Crippen LogP contribution in [0.4, 0.5) is 5.69 Å². The van der Waals surface area contributed by atoms with E-state index in [4.69, 9.17) is 5.41 Å². The molecule has 1 N–H and O–H groups in total. The first kappa shape index (κ1) is 16.8. The number of benzene rings is 4. The molecule has 0 spiro atoms. The molecule has 0 unspecified atom stereocenters. The average Bonchev–Trinajstić information content (AvgIpc) is 3.01. The second-order valence-electron chi connectivity index (χ2n) is 6.62. The van der Waals surface area contributed by atoms with Crippen LogP contribution in [0.15, 0.2) is 89.8 Å². The number of nitrogens with zero attached hydrogens (tertiary/aromatic N) is 1. The van der Waals surface area contributed by atoms with Crippen LogP contribution in [0, 0.1) is 5.41 Å². The van der Waals surface area contributed by atoms with Gasteiger partial charge >= 0.3 is 0 Å². The van der Waals surface area contributed by atoms with Crippen molar-refractivity contribution in [2.45, 2.75) is 0 Å². The lowest BCUT2D eigenvalue weighted by molar-refractivity contribution is -0.113. The van der Waals surface area contributed by atoms with Crippen molar-refractivity contribution in [1.82, 2.24) is 0 Å². The Labute approximate surface area is 166 Å². The van der Waals surface area contributed by atoms with Crippen molar-refractivity contribution in [3.63, 3.8) is 0 Å². The number of para-hydroxylation sites is 1. The minimum atomic E-state index is -0.154. The third-order valence-electron chi connectivity index (χ3n) is 4.93. The number of rotatable bonds is 2. The highest BCUT2D eigenvalue weighted by Crippen LogP contribution is 2.37. The second kappa shape index (κ2) is 6.66. The van der Waals surface area contributed by atoms with Crippen LogP contribution < -0.4 is 4.90 Å². The lowest BCUT2D eigenvalue weighted by atomic mass is 9.96. The zero-order valence-corrected chi connectivity index (χ0v) is 15.7. The van der Waals surface area contributed by atoms with Crippen molar-refractivity contribution in [2.75, 3.05) is 4.90 Å². The molecule has 28 heavy (non-hydrogen) atoms. The molecule has 4 aromatic rings. The molecular formula is C24H16N2OS. The number of hydrogen-bond donors (Lipinski definition) is 1. The Morgan fingerprint density at radius 3 is 2.00 bits per heavy atom. The summed E-state index contributed by atoms with van der Waals surface area (Å²) in [5, 5.41) is 13.0. The molecule has 1 fully saturated rings. The Hall–Kier alpha value is -3.37. The maximum Gasteiger partial charge on any atom is 0.271 e. The summed E-state index contributed by atoms with van der Waals surface area (Å²) >= 11 is 1.21. The number of nitrogens with one attached hydrogen (secondary N) is 1. The minimum Gasteiger partial charge on any atom is -0.278 e. The van der Waals surface area contributed by atoms with Gasteiger partial charge in [0.2, 0.25) is 0 Å². The minimum absolute atomic E-state index is 0.154. The second-order valence-corrected chi connectivity index (χ2v) is 7.66. The quantitative estimate of drug-likeness (QED) is 0.340. The molecule has 4 aromatic carbocycles. The number of hydrogen-bond acceptors (Lipinski definition) is 3. The standard InChI is InChI=1S/C24H16N2OS/c25-24-26(18-10-2-1-3-11-18)23(27)22(28-24)15-21-19-12-6-4-8-16(19)14-17-9-5-7-13-20(17)21/h1-15,25H/b22-15+,25-24?. The van der Waals surface area contributed by atoms with E-state index >= 15 is 0 Å². The Morgan fingerprint density at radius 2 is 1.36 bits per heavy atom. The highest BCUT2D eigenvalue weighted by atomic mass is 32.2. The Bertz CT molecular complexity index is 1220. The van der Waals surface area contributed by atoms with Crippen LogP contribution >= 0.6 is 11.8 Å². The van der Waals surface area contributed by atoms with Crippen LogP contribution in [0.3, 0.4) is 0 Å². The van der Waals surface area contributed by atoms with Crippen molar-refractivity contribution >= 4 is 56.1 Å². The molecule has 5 rings (SSSR count). The van der Waals surface area contributed by atoms with Gasteiger partial charge in [0.05, 0.1) is 10.6 Å². The SMILES string of the molecule is N=C1S/C(=C/c2c3ccccc3cc3ccccc23)C(=O)N1c1ccccc1. The number of thioether (sulfide) groups is 1. The molecule has 0 aliphatic carbocycles. The highest BCUT2D eigenvalue weighted by molar-refractivity contribution is 8.19. The van der Waals surface area contributed by atoms with Crippen LogP contribution in [-0.2, 0) is 4.79 Å². The summed E-state index contributed by atoms with van der Waals surface area (Å²) in [5.74, 6) is -0.154. The van der Waals surface area contributed by atoms with E-state index < -0.39 is 0 Å². The van der Waals surface area contributed by atoms with Crippen LogP contribution in [0.25, 0.3) is 27.6 Å². The summed E-state index contributed by atoms with van der Waals surface area (Å²) in [6.07, 6.45) is 1.94. The third-order valence-corrected chi connectivity index (χ3v) is 5.81. The van der Waals surface area contributed by atoms with E-state index in [1.165, 1.54) is 16.7 Å². The number of carbonyl (C=O) groups excluding carboxylic acids is 1. The van der Waals surface area contributed by atoms with Crippen molar-refractivity contribution < 1.29 is 4.79 Å². The molecule has 0 saturated carbocycles.